The maximum absolute atomic E-state index is 13.1. The van der Waals surface area contributed by atoms with Crippen molar-refractivity contribution < 1.29 is 9.59 Å². The molecule has 0 saturated carbocycles. The fourth-order valence-electron chi connectivity index (χ4n) is 4.15. The second-order valence-electron chi connectivity index (χ2n) is 7.45. The normalized spacial score (nSPS) is 19.7. The molecule has 5 nitrogen and oxygen atoms in total. The van der Waals surface area contributed by atoms with E-state index in [4.69, 9.17) is 0 Å². The summed E-state index contributed by atoms with van der Waals surface area (Å²) in [7, 11) is 0. The van der Waals surface area contributed by atoms with Crippen LogP contribution >= 0.6 is 0 Å². The van der Waals surface area contributed by atoms with Crippen LogP contribution in [0.1, 0.15) is 25.3 Å². The molecule has 2 heterocycles. The van der Waals surface area contributed by atoms with Gasteiger partial charge in [-0.15, -0.1) is 0 Å². The minimum absolute atomic E-state index is 0.0145. The molecular weight excluding hydrogens is 338 g/mol. The van der Waals surface area contributed by atoms with Crippen LogP contribution in [0.15, 0.2) is 54.6 Å². The lowest BCUT2D eigenvalue weighted by atomic mass is 9.95. The number of para-hydroxylation sites is 2. The van der Waals surface area contributed by atoms with Crippen molar-refractivity contribution in [2.45, 2.75) is 32.2 Å². The number of carbonyl (C=O) groups is 2. The molecule has 27 heavy (non-hydrogen) atoms. The van der Waals surface area contributed by atoms with Gasteiger partial charge in [0.15, 0.2) is 0 Å². The molecule has 1 fully saturated rings. The molecule has 0 aromatic heterocycles. The maximum atomic E-state index is 13.1. The summed E-state index contributed by atoms with van der Waals surface area (Å²) in [4.78, 5) is 29.4. The molecule has 0 bridgehead atoms. The van der Waals surface area contributed by atoms with E-state index in [-0.39, 0.29) is 23.9 Å². The van der Waals surface area contributed by atoms with Crippen molar-refractivity contribution in [2.75, 3.05) is 23.3 Å². The Balaban J connectivity index is 1.37. The molecule has 0 spiro atoms. The minimum Gasteiger partial charge on any atom is -0.324 e. The first kappa shape index (κ1) is 17.6. The van der Waals surface area contributed by atoms with Gasteiger partial charge in [-0.1, -0.05) is 36.4 Å². The van der Waals surface area contributed by atoms with Crippen LogP contribution in [0.5, 0.6) is 0 Å². The molecule has 1 atom stereocenters. The molecule has 3 amide bonds. The second kappa shape index (κ2) is 7.43. The maximum Gasteiger partial charge on any atom is 0.321 e. The fourth-order valence-corrected chi connectivity index (χ4v) is 4.15. The third-order valence-electron chi connectivity index (χ3n) is 5.60. The average Bonchev–Trinajstić information content (AvgIpc) is 3.04. The second-order valence-corrected chi connectivity index (χ2v) is 7.45. The monoisotopic (exact) mass is 363 g/mol. The summed E-state index contributed by atoms with van der Waals surface area (Å²) in [5.41, 5.74) is 3.10. The van der Waals surface area contributed by atoms with Gasteiger partial charge in [0.25, 0.3) is 0 Å². The number of fused-ring (bicyclic) bond motifs is 1. The Kier molecular flexibility index (Phi) is 4.84. The van der Waals surface area contributed by atoms with E-state index in [1.807, 2.05) is 53.4 Å². The smallest absolute Gasteiger partial charge is 0.321 e. The molecule has 5 heteroatoms. The molecule has 1 N–H and O–H groups in total. The van der Waals surface area contributed by atoms with Crippen LogP contribution in [0.4, 0.5) is 16.2 Å². The first-order valence-electron chi connectivity index (χ1n) is 9.65. The van der Waals surface area contributed by atoms with Crippen LogP contribution in [-0.2, 0) is 11.2 Å². The van der Waals surface area contributed by atoms with Crippen molar-refractivity contribution >= 4 is 23.3 Å². The average molecular weight is 363 g/mol. The van der Waals surface area contributed by atoms with Crippen LogP contribution < -0.4 is 10.2 Å². The Hall–Kier alpha value is -2.82. The number of hydrogen-bond acceptors (Lipinski definition) is 2. The van der Waals surface area contributed by atoms with Gasteiger partial charge in [-0.2, -0.15) is 0 Å². The zero-order chi connectivity index (χ0) is 18.8. The Morgan fingerprint density at radius 1 is 0.963 bits per heavy atom. The van der Waals surface area contributed by atoms with Gasteiger partial charge in [-0.3, -0.25) is 4.79 Å². The van der Waals surface area contributed by atoms with Crippen molar-refractivity contribution in [3.05, 3.63) is 60.2 Å². The van der Waals surface area contributed by atoms with Crippen molar-refractivity contribution in [1.82, 2.24) is 4.90 Å². The number of rotatable bonds is 2. The van der Waals surface area contributed by atoms with Gasteiger partial charge in [-0.25, -0.2) is 4.79 Å². The van der Waals surface area contributed by atoms with Crippen LogP contribution in [0.2, 0.25) is 0 Å². The molecule has 1 unspecified atom stereocenters. The van der Waals surface area contributed by atoms with Crippen molar-refractivity contribution in [3.8, 4) is 0 Å². The molecule has 2 aromatic rings. The summed E-state index contributed by atoms with van der Waals surface area (Å²) in [6, 6.07) is 17.8. The first-order chi connectivity index (χ1) is 13.1. The predicted octanol–water partition coefficient (Wildman–Crippen LogP) is 3.91. The number of amides is 3. The number of piperidine rings is 1. The lowest BCUT2D eigenvalue weighted by Crippen LogP contribution is -2.47. The number of hydrogen-bond donors (Lipinski definition) is 1. The molecule has 140 valence electrons. The van der Waals surface area contributed by atoms with E-state index in [9.17, 15) is 9.59 Å². The summed E-state index contributed by atoms with van der Waals surface area (Å²) >= 11 is 0. The number of carbonyl (C=O) groups excluding carboxylic acids is 2. The Labute approximate surface area is 160 Å². The van der Waals surface area contributed by atoms with Gasteiger partial charge in [0.2, 0.25) is 5.91 Å². The van der Waals surface area contributed by atoms with Crippen LogP contribution in [0.3, 0.4) is 0 Å². The van der Waals surface area contributed by atoms with Gasteiger partial charge in [0, 0.05) is 36.4 Å². The standard InChI is InChI=1S/C22H25N3O2/c1-16-15-18-7-5-6-10-20(18)25(16)21(26)17-11-13-24(14-12-17)22(27)23-19-8-3-2-4-9-19/h2-10,16-17H,11-15H2,1H3,(H,23,27). The van der Waals surface area contributed by atoms with Gasteiger partial charge in [0.05, 0.1) is 0 Å². The highest BCUT2D eigenvalue weighted by Crippen LogP contribution is 2.34. The topological polar surface area (TPSA) is 52.7 Å². The molecule has 4 rings (SSSR count). The summed E-state index contributed by atoms with van der Waals surface area (Å²) in [6.45, 7) is 3.33. The molecule has 2 aromatic carbocycles. The van der Waals surface area contributed by atoms with Crippen LogP contribution in [0.25, 0.3) is 0 Å². The zero-order valence-electron chi connectivity index (χ0n) is 15.6. The van der Waals surface area contributed by atoms with E-state index in [2.05, 4.69) is 18.3 Å². The number of benzene rings is 2. The summed E-state index contributed by atoms with van der Waals surface area (Å²) in [5.74, 6) is 0.190. The van der Waals surface area contributed by atoms with Gasteiger partial charge in [0.1, 0.15) is 0 Å². The van der Waals surface area contributed by atoms with Gasteiger partial charge < -0.3 is 15.1 Å². The number of likely N-dealkylation sites (tertiary alicyclic amines) is 1. The first-order valence-corrected chi connectivity index (χ1v) is 9.65. The highest BCUT2D eigenvalue weighted by molar-refractivity contribution is 5.98. The molecular formula is C22H25N3O2. The SMILES string of the molecule is CC1Cc2ccccc2N1C(=O)C1CCN(C(=O)Nc2ccccc2)CC1. The van der Waals surface area contributed by atoms with Crippen molar-refractivity contribution in [3.63, 3.8) is 0 Å². The number of nitrogens with one attached hydrogen (secondary N) is 1. The number of anilines is 2. The van der Waals surface area contributed by atoms with Crippen molar-refractivity contribution in [2.24, 2.45) is 5.92 Å². The third kappa shape index (κ3) is 3.54. The van der Waals surface area contributed by atoms with E-state index in [1.165, 1.54) is 5.56 Å². The predicted molar refractivity (Wildman–Crippen MR) is 107 cm³/mol. The van der Waals surface area contributed by atoms with E-state index < -0.39 is 0 Å². The third-order valence-corrected chi connectivity index (χ3v) is 5.60. The highest BCUT2D eigenvalue weighted by atomic mass is 16.2. The lowest BCUT2D eigenvalue weighted by molar-refractivity contribution is -0.123. The summed E-state index contributed by atoms with van der Waals surface area (Å²) in [5, 5.41) is 2.92. The van der Waals surface area contributed by atoms with Gasteiger partial charge >= 0.3 is 6.03 Å². The summed E-state index contributed by atoms with van der Waals surface area (Å²) in [6.07, 6.45) is 2.35. The minimum atomic E-state index is -0.0908. The van der Waals surface area contributed by atoms with E-state index in [1.54, 1.807) is 4.90 Å². The van der Waals surface area contributed by atoms with E-state index in [0.717, 1.165) is 17.8 Å². The van der Waals surface area contributed by atoms with E-state index in [0.29, 0.717) is 25.9 Å². The molecule has 0 radical (unpaired) electrons. The Morgan fingerprint density at radius 3 is 2.37 bits per heavy atom. The number of urea groups is 1. The molecule has 2 aliphatic rings. The Bertz CT molecular complexity index is 828. The molecule has 2 aliphatic heterocycles. The van der Waals surface area contributed by atoms with Crippen molar-refractivity contribution in [1.29, 1.82) is 0 Å². The molecule has 0 aliphatic carbocycles. The van der Waals surface area contributed by atoms with Crippen LogP contribution in [0, 0.1) is 5.92 Å². The fraction of sp³-hybridized carbons (Fsp3) is 0.364. The highest BCUT2D eigenvalue weighted by Gasteiger charge is 2.36. The van der Waals surface area contributed by atoms with E-state index >= 15 is 0 Å². The van der Waals surface area contributed by atoms with Crippen LogP contribution in [-0.4, -0.2) is 36.0 Å². The largest absolute Gasteiger partial charge is 0.324 e. The quantitative estimate of drug-likeness (QED) is 0.879. The Morgan fingerprint density at radius 2 is 1.63 bits per heavy atom. The number of nitrogens with zero attached hydrogens (tertiary/aromatic N) is 2. The lowest BCUT2D eigenvalue weighted by Gasteiger charge is -2.34. The zero-order valence-corrected chi connectivity index (χ0v) is 15.6. The van der Waals surface area contributed by atoms with Gasteiger partial charge in [-0.05, 0) is 49.9 Å². The summed E-state index contributed by atoms with van der Waals surface area (Å²) < 4.78 is 0. The molecule has 1 saturated heterocycles.